The molecule has 0 aliphatic carbocycles. The van der Waals surface area contributed by atoms with E-state index in [2.05, 4.69) is 34.6 Å². The Morgan fingerprint density at radius 1 is 1.24 bits per heavy atom. The molecule has 0 bridgehead atoms. The fourth-order valence-electron chi connectivity index (χ4n) is 3.27. The van der Waals surface area contributed by atoms with E-state index in [1.54, 1.807) is 0 Å². The van der Waals surface area contributed by atoms with Crippen molar-refractivity contribution in [1.82, 2.24) is 10.3 Å². The maximum absolute atomic E-state index is 6.09. The Kier molecular flexibility index (Phi) is 1.90. The van der Waals surface area contributed by atoms with E-state index in [1.165, 1.54) is 22.2 Å². The molecule has 17 heavy (non-hydrogen) atoms. The van der Waals surface area contributed by atoms with E-state index < -0.39 is 0 Å². The van der Waals surface area contributed by atoms with Gasteiger partial charge in [-0.05, 0) is 31.0 Å². The number of nitrogens with one attached hydrogen (secondary N) is 2. The summed E-state index contributed by atoms with van der Waals surface area (Å²) in [6.07, 6.45) is 2.11. The molecular formula is C14H16N2O. The van der Waals surface area contributed by atoms with E-state index in [0.717, 1.165) is 32.5 Å². The highest BCUT2D eigenvalue weighted by atomic mass is 16.5. The third-order valence-corrected chi connectivity index (χ3v) is 4.12. The van der Waals surface area contributed by atoms with Crippen molar-refractivity contribution >= 4 is 10.9 Å². The molecule has 2 aliphatic rings. The molecule has 2 aromatic rings. The lowest BCUT2D eigenvalue weighted by molar-refractivity contribution is -0.0473. The second-order valence-electron chi connectivity index (χ2n) is 5.04. The van der Waals surface area contributed by atoms with Crippen molar-refractivity contribution in [2.45, 2.75) is 18.4 Å². The van der Waals surface area contributed by atoms with Crippen molar-refractivity contribution in [3.63, 3.8) is 0 Å². The summed E-state index contributed by atoms with van der Waals surface area (Å²) in [5.41, 5.74) is 3.94. The van der Waals surface area contributed by atoms with Gasteiger partial charge in [-0.2, -0.15) is 0 Å². The Morgan fingerprint density at radius 3 is 3.06 bits per heavy atom. The van der Waals surface area contributed by atoms with E-state index in [-0.39, 0.29) is 5.60 Å². The molecule has 1 saturated heterocycles. The van der Waals surface area contributed by atoms with Crippen molar-refractivity contribution in [2.75, 3.05) is 19.7 Å². The second-order valence-corrected chi connectivity index (χ2v) is 5.04. The van der Waals surface area contributed by atoms with Gasteiger partial charge in [-0.25, -0.2) is 0 Å². The predicted molar refractivity (Wildman–Crippen MR) is 67.1 cm³/mol. The normalized spacial score (nSPS) is 27.8. The summed E-state index contributed by atoms with van der Waals surface area (Å²) in [5, 5.41) is 4.80. The van der Waals surface area contributed by atoms with Gasteiger partial charge in [-0.1, -0.05) is 18.2 Å². The summed E-state index contributed by atoms with van der Waals surface area (Å²) in [4.78, 5) is 3.58. The number of aromatic amines is 1. The number of ether oxygens (including phenoxy) is 1. The SMILES string of the molecule is c1ccc2c3c([nH]c2c1)C1(CCNC1)OCC3. The van der Waals surface area contributed by atoms with Gasteiger partial charge in [0, 0.05) is 17.4 Å². The number of rotatable bonds is 0. The fraction of sp³-hybridized carbons (Fsp3) is 0.429. The van der Waals surface area contributed by atoms with Crippen LogP contribution in [0.5, 0.6) is 0 Å². The van der Waals surface area contributed by atoms with Crippen LogP contribution in [0.25, 0.3) is 10.9 Å². The molecule has 1 unspecified atom stereocenters. The predicted octanol–water partition coefficient (Wildman–Crippen LogP) is 1.93. The Balaban J connectivity index is 1.99. The molecule has 0 amide bonds. The van der Waals surface area contributed by atoms with Crippen LogP contribution in [0, 0.1) is 0 Å². The number of H-pyrrole nitrogens is 1. The van der Waals surface area contributed by atoms with Gasteiger partial charge >= 0.3 is 0 Å². The van der Waals surface area contributed by atoms with Crippen LogP contribution < -0.4 is 5.32 Å². The van der Waals surface area contributed by atoms with Crippen LogP contribution >= 0.6 is 0 Å². The summed E-state index contributed by atoms with van der Waals surface area (Å²) < 4.78 is 6.09. The molecule has 88 valence electrons. The van der Waals surface area contributed by atoms with Crippen LogP contribution in [-0.4, -0.2) is 24.7 Å². The molecule has 1 spiro atoms. The average Bonchev–Trinajstić information content (AvgIpc) is 2.96. The minimum Gasteiger partial charge on any atom is -0.367 e. The quantitative estimate of drug-likeness (QED) is 0.723. The van der Waals surface area contributed by atoms with Gasteiger partial charge < -0.3 is 15.0 Å². The fourth-order valence-corrected chi connectivity index (χ4v) is 3.27. The minimum atomic E-state index is -0.0907. The molecule has 0 saturated carbocycles. The van der Waals surface area contributed by atoms with Gasteiger partial charge in [-0.15, -0.1) is 0 Å². The van der Waals surface area contributed by atoms with E-state index in [4.69, 9.17) is 4.74 Å². The molecule has 0 radical (unpaired) electrons. The molecule has 1 fully saturated rings. The van der Waals surface area contributed by atoms with Crippen molar-refractivity contribution in [3.05, 3.63) is 35.5 Å². The van der Waals surface area contributed by atoms with Crippen LogP contribution in [0.4, 0.5) is 0 Å². The zero-order valence-electron chi connectivity index (χ0n) is 9.75. The van der Waals surface area contributed by atoms with Gasteiger partial charge in [0.25, 0.3) is 0 Å². The lowest BCUT2D eigenvalue weighted by Gasteiger charge is -2.33. The van der Waals surface area contributed by atoms with E-state index in [0.29, 0.717) is 0 Å². The summed E-state index contributed by atoms with van der Waals surface area (Å²) in [7, 11) is 0. The number of aromatic nitrogens is 1. The van der Waals surface area contributed by atoms with Gasteiger partial charge in [0.1, 0.15) is 5.60 Å². The van der Waals surface area contributed by atoms with Gasteiger partial charge in [-0.3, -0.25) is 0 Å². The van der Waals surface area contributed by atoms with E-state index >= 15 is 0 Å². The number of benzene rings is 1. The van der Waals surface area contributed by atoms with Crippen molar-refractivity contribution in [2.24, 2.45) is 0 Å². The first-order valence-corrected chi connectivity index (χ1v) is 6.34. The molecule has 3 heteroatoms. The molecule has 2 N–H and O–H groups in total. The number of fused-ring (bicyclic) bond motifs is 4. The van der Waals surface area contributed by atoms with Crippen molar-refractivity contribution in [3.8, 4) is 0 Å². The number of hydrogen-bond donors (Lipinski definition) is 2. The van der Waals surface area contributed by atoms with Crippen molar-refractivity contribution < 1.29 is 4.74 Å². The molecule has 1 aromatic heterocycles. The summed E-state index contributed by atoms with van der Waals surface area (Å²) in [6, 6.07) is 8.58. The van der Waals surface area contributed by atoms with Gasteiger partial charge in [0.2, 0.25) is 0 Å². The van der Waals surface area contributed by atoms with Crippen LogP contribution in [0.15, 0.2) is 24.3 Å². The maximum Gasteiger partial charge on any atom is 0.122 e. The molecule has 4 rings (SSSR count). The summed E-state index contributed by atoms with van der Waals surface area (Å²) in [5.74, 6) is 0. The smallest absolute Gasteiger partial charge is 0.122 e. The first-order valence-electron chi connectivity index (χ1n) is 6.34. The Morgan fingerprint density at radius 2 is 2.18 bits per heavy atom. The molecule has 1 atom stereocenters. The molecular weight excluding hydrogens is 212 g/mol. The standard InChI is InChI=1S/C14H16N2O/c1-2-4-12-10(3-1)11-5-8-17-14(13(11)16-12)6-7-15-9-14/h1-4,15-16H,5-9H2. The highest BCUT2D eigenvalue weighted by molar-refractivity contribution is 5.85. The van der Waals surface area contributed by atoms with Crippen LogP contribution in [-0.2, 0) is 16.8 Å². The number of hydrogen-bond acceptors (Lipinski definition) is 2. The van der Waals surface area contributed by atoms with Crippen LogP contribution in [0.1, 0.15) is 17.7 Å². The Labute approximate surface area is 100 Å². The largest absolute Gasteiger partial charge is 0.367 e. The monoisotopic (exact) mass is 228 g/mol. The van der Waals surface area contributed by atoms with Crippen molar-refractivity contribution in [1.29, 1.82) is 0 Å². The summed E-state index contributed by atoms with van der Waals surface area (Å²) >= 11 is 0. The highest BCUT2D eigenvalue weighted by Crippen LogP contribution is 2.40. The first kappa shape index (κ1) is 9.68. The third kappa shape index (κ3) is 1.24. The molecule has 2 aliphatic heterocycles. The lowest BCUT2D eigenvalue weighted by Crippen LogP contribution is -2.37. The topological polar surface area (TPSA) is 37.0 Å². The lowest BCUT2D eigenvalue weighted by atomic mass is 9.90. The second kappa shape index (κ2) is 3.34. The first-order chi connectivity index (χ1) is 8.39. The average molecular weight is 228 g/mol. The molecule has 3 heterocycles. The Bertz CT molecular complexity index is 567. The maximum atomic E-state index is 6.09. The molecule has 3 nitrogen and oxygen atoms in total. The van der Waals surface area contributed by atoms with Crippen LogP contribution in [0.2, 0.25) is 0 Å². The molecule has 1 aromatic carbocycles. The van der Waals surface area contributed by atoms with Crippen LogP contribution in [0.3, 0.4) is 0 Å². The van der Waals surface area contributed by atoms with Gasteiger partial charge in [0.15, 0.2) is 0 Å². The zero-order valence-corrected chi connectivity index (χ0v) is 9.75. The highest BCUT2D eigenvalue weighted by Gasteiger charge is 2.42. The minimum absolute atomic E-state index is 0.0907. The van der Waals surface area contributed by atoms with E-state index in [1.807, 2.05) is 0 Å². The van der Waals surface area contributed by atoms with Gasteiger partial charge in [0.05, 0.1) is 12.3 Å². The Hall–Kier alpha value is -1.32. The van der Waals surface area contributed by atoms with E-state index in [9.17, 15) is 0 Å². The third-order valence-electron chi connectivity index (χ3n) is 4.12. The number of para-hydroxylation sites is 1. The zero-order chi connectivity index (χ0) is 11.3. The summed E-state index contributed by atoms with van der Waals surface area (Å²) in [6.45, 7) is 2.83.